The molecule has 0 amide bonds. The third kappa shape index (κ3) is 6.89. The molecule has 33 heavy (non-hydrogen) atoms. The number of hydrogen-bond donors (Lipinski definition) is 4. The molecule has 0 aliphatic heterocycles. The van der Waals surface area contributed by atoms with Gasteiger partial charge in [-0.2, -0.15) is 4.98 Å². The van der Waals surface area contributed by atoms with E-state index in [9.17, 15) is 9.18 Å². The van der Waals surface area contributed by atoms with Crippen LogP contribution in [-0.4, -0.2) is 46.8 Å². The quantitative estimate of drug-likeness (QED) is 0.213. The number of aromatic nitrogens is 3. The number of nitrogens with two attached hydrogens (primary N) is 1. The SMILES string of the molecule is CC(C)(C)c1cc2cn(-c3ccc(CNCCCN/C(N)=N\CCCF)cc3)c(=O)nc2[nH]1. The fourth-order valence-electron chi connectivity index (χ4n) is 3.34. The van der Waals surface area contributed by atoms with Gasteiger partial charge in [0.15, 0.2) is 5.96 Å². The lowest BCUT2D eigenvalue weighted by atomic mass is 9.92. The second kappa shape index (κ2) is 11.1. The van der Waals surface area contributed by atoms with Crippen LogP contribution in [0.5, 0.6) is 0 Å². The Hall–Kier alpha value is -3.20. The average Bonchev–Trinajstić information content (AvgIpc) is 3.20. The summed E-state index contributed by atoms with van der Waals surface area (Å²) in [6.45, 7) is 8.62. The van der Waals surface area contributed by atoms with Gasteiger partial charge in [-0.1, -0.05) is 32.9 Å². The third-order valence-corrected chi connectivity index (χ3v) is 5.27. The lowest BCUT2D eigenvalue weighted by molar-refractivity contribution is 0.477. The summed E-state index contributed by atoms with van der Waals surface area (Å²) in [5.41, 5.74) is 8.92. The molecule has 2 aromatic heterocycles. The highest BCUT2D eigenvalue weighted by Gasteiger charge is 2.17. The molecule has 0 aliphatic rings. The zero-order chi connectivity index (χ0) is 23.8. The Morgan fingerprint density at radius 1 is 1.21 bits per heavy atom. The summed E-state index contributed by atoms with van der Waals surface area (Å²) < 4.78 is 13.6. The van der Waals surface area contributed by atoms with Crippen molar-refractivity contribution in [3.05, 3.63) is 58.3 Å². The van der Waals surface area contributed by atoms with Crippen molar-refractivity contribution >= 4 is 17.0 Å². The van der Waals surface area contributed by atoms with Crippen molar-refractivity contribution in [2.75, 3.05) is 26.3 Å². The first kappa shape index (κ1) is 24.4. The summed E-state index contributed by atoms with van der Waals surface area (Å²) in [6.07, 6.45) is 3.11. The van der Waals surface area contributed by atoms with Gasteiger partial charge < -0.3 is 21.4 Å². The van der Waals surface area contributed by atoms with E-state index in [1.807, 2.05) is 30.5 Å². The number of rotatable bonds is 10. The highest BCUT2D eigenvalue weighted by atomic mass is 19.1. The monoisotopic (exact) mass is 455 g/mol. The van der Waals surface area contributed by atoms with Crippen molar-refractivity contribution in [1.29, 1.82) is 0 Å². The van der Waals surface area contributed by atoms with Gasteiger partial charge in [-0.25, -0.2) is 4.79 Å². The maximum Gasteiger partial charge on any atom is 0.354 e. The van der Waals surface area contributed by atoms with Crippen LogP contribution in [0.4, 0.5) is 4.39 Å². The molecule has 0 aliphatic carbocycles. The predicted molar refractivity (Wildman–Crippen MR) is 132 cm³/mol. The van der Waals surface area contributed by atoms with Gasteiger partial charge in [-0.05, 0) is 43.1 Å². The van der Waals surface area contributed by atoms with E-state index < -0.39 is 0 Å². The number of nitrogens with one attached hydrogen (secondary N) is 3. The normalized spacial score (nSPS) is 12.4. The van der Waals surface area contributed by atoms with Gasteiger partial charge in [0.05, 0.1) is 12.4 Å². The standard InChI is InChI=1S/C24H34FN7O/c1-24(2,3)20-14-18-16-32(23(33)31-21(18)30-20)19-8-6-17(7-9-19)15-27-11-5-13-29-22(26)28-12-4-10-25/h6-9,14,16,27H,4-5,10-13,15H2,1-3H3,(H3,26,28,29)(H,30,31,33). The van der Waals surface area contributed by atoms with Crippen LogP contribution in [0.25, 0.3) is 16.7 Å². The Morgan fingerprint density at radius 2 is 1.97 bits per heavy atom. The third-order valence-electron chi connectivity index (χ3n) is 5.27. The van der Waals surface area contributed by atoms with Crippen LogP contribution in [0.1, 0.15) is 44.9 Å². The molecule has 0 radical (unpaired) electrons. The Morgan fingerprint density at radius 3 is 2.67 bits per heavy atom. The van der Waals surface area contributed by atoms with Crippen LogP contribution in [-0.2, 0) is 12.0 Å². The first-order chi connectivity index (χ1) is 15.8. The molecular formula is C24H34FN7O. The number of halogens is 1. The topological polar surface area (TPSA) is 113 Å². The van der Waals surface area contributed by atoms with Gasteiger partial charge in [-0.15, -0.1) is 0 Å². The molecule has 3 aromatic rings. The van der Waals surface area contributed by atoms with E-state index in [0.29, 0.717) is 31.1 Å². The molecule has 5 N–H and O–H groups in total. The summed E-state index contributed by atoms with van der Waals surface area (Å²) in [5.74, 6) is 0.358. The second-order valence-electron chi connectivity index (χ2n) is 9.06. The molecule has 0 spiro atoms. The van der Waals surface area contributed by atoms with Crippen molar-refractivity contribution in [2.24, 2.45) is 10.7 Å². The van der Waals surface area contributed by atoms with E-state index in [4.69, 9.17) is 5.73 Å². The smallest absolute Gasteiger partial charge is 0.354 e. The van der Waals surface area contributed by atoms with Crippen LogP contribution in [0.3, 0.4) is 0 Å². The Bertz CT molecular complexity index is 1130. The van der Waals surface area contributed by atoms with Gasteiger partial charge in [0, 0.05) is 42.3 Å². The van der Waals surface area contributed by atoms with Crippen LogP contribution < -0.4 is 22.1 Å². The lowest BCUT2D eigenvalue weighted by Crippen LogP contribution is -2.33. The summed E-state index contributed by atoms with van der Waals surface area (Å²) in [4.78, 5) is 24.1. The zero-order valence-electron chi connectivity index (χ0n) is 19.6. The van der Waals surface area contributed by atoms with Crippen molar-refractivity contribution in [2.45, 2.75) is 45.6 Å². The number of nitrogens with zero attached hydrogens (tertiary/aromatic N) is 3. The van der Waals surface area contributed by atoms with Crippen molar-refractivity contribution in [1.82, 2.24) is 25.2 Å². The van der Waals surface area contributed by atoms with Gasteiger partial charge in [0.2, 0.25) is 0 Å². The molecule has 3 rings (SSSR count). The van der Waals surface area contributed by atoms with E-state index in [0.717, 1.165) is 41.8 Å². The molecule has 2 heterocycles. The predicted octanol–water partition coefficient (Wildman–Crippen LogP) is 2.75. The van der Waals surface area contributed by atoms with E-state index >= 15 is 0 Å². The molecule has 0 saturated heterocycles. The van der Waals surface area contributed by atoms with Crippen LogP contribution >= 0.6 is 0 Å². The van der Waals surface area contributed by atoms with Crippen LogP contribution in [0.2, 0.25) is 0 Å². The van der Waals surface area contributed by atoms with Crippen molar-refractivity contribution in [3.63, 3.8) is 0 Å². The molecule has 0 unspecified atom stereocenters. The Labute approximate surface area is 193 Å². The number of fused-ring (bicyclic) bond motifs is 1. The Kier molecular flexibility index (Phi) is 8.21. The van der Waals surface area contributed by atoms with E-state index in [1.165, 1.54) is 0 Å². The number of aromatic amines is 1. The maximum absolute atomic E-state index is 12.6. The first-order valence-electron chi connectivity index (χ1n) is 11.3. The number of alkyl halides is 1. The summed E-state index contributed by atoms with van der Waals surface area (Å²) in [6, 6.07) is 9.92. The van der Waals surface area contributed by atoms with Crippen LogP contribution in [0.15, 0.2) is 46.3 Å². The molecule has 1 aromatic carbocycles. The minimum atomic E-state index is -0.379. The molecule has 0 bridgehead atoms. The number of H-pyrrole nitrogens is 1. The van der Waals surface area contributed by atoms with Gasteiger partial charge in [-0.3, -0.25) is 13.9 Å². The average molecular weight is 456 g/mol. The highest BCUT2D eigenvalue weighted by Crippen LogP contribution is 2.24. The van der Waals surface area contributed by atoms with E-state index in [-0.39, 0.29) is 17.8 Å². The minimum Gasteiger partial charge on any atom is -0.370 e. The van der Waals surface area contributed by atoms with Gasteiger partial charge in [0.1, 0.15) is 5.65 Å². The highest BCUT2D eigenvalue weighted by molar-refractivity contribution is 5.77. The Balaban J connectivity index is 1.52. The maximum atomic E-state index is 12.6. The van der Waals surface area contributed by atoms with E-state index in [1.54, 1.807) is 4.57 Å². The van der Waals surface area contributed by atoms with Gasteiger partial charge in [0.25, 0.3) is 0 Å². The van der Waals surface area contributed by atoms with Crippen molar-refractivity contribution < 1.29 is 4.39 Å². The zero-order valence-corrected chi connectivity index (χ0v) is 19.6. The lowest BCUT2D eigenvalue weighted by Gasteiger charge is -2.15. The summed E-state index contributed by atoms with van der Waals surface area (Å²) >= 11 is 0. The molecule has 9 heteroatoms. The second-order valence-corrected chi connectivity index (χ2v) is 9.06. The van der Waals surface area contributed by atoms with Gasteiger partial charge >= 0.3 is 5.69 Å². The number of benzene rings is 1. The molecule has 0 saturated carbocycles. The molecule has 178 valence electrons. The molecule has 0 fully saturated rings. The fourth-order valence-corrected chi connectivity index (χ4v) is 3.34. The number of hydrogen-bond acceptors (Lipinski definition) is 4. The largest absolute Gasteiger partial charge is 0.370 e. The summed E-state index contributed by atoms with van der Waals surface area (Å²) in [5, 5.41) is 7.31. The van der Waals surface area contributed by atoms with E-state index in [2.05, 4.69) is 52.4 Å². The van der Waals surface area contributed by atoms with Crippen molar-refractivity contribution in [3.8, 4) is 5.69 Å². The molecular weight excluding hydrogens is 421 g/mol. The first-order valence-corrected chi connectivity index (χ1v) is 11.3. The fraction of sp³-hybridized carbons (Fsp3) is 0.458. The minimum absolute atomic E-state index is 0.0460. The number of aliphatic imine (C=N–C) groups is 1. The number of guanidine groups is 1. The van der Waals surface area contributed by atoms with Crippen LogP contribution in [0, 0.1) is 0 Å². The molecule has 8 nitrogen and oxygen atoms in total. The molecule has 0 atom stereocenters. The summed E-state index contributed by atoms with van der Waals surface area (Å²) in [7, 11) is 0.